The van der Waals surface area contributed by atoms with Gasteiger partial charge in [0.1, 0.15) is 18.0 Å². The lowest BCUT2D eigenvalue weighted by atomic mass is 10.1. The molecule has 0 saturated carbocycles. The Morgan fingerprint density at radius 1 is 1.33 bits per heavy atom. The predicted octanol–water partition coefficient (Wildman–Crippen LogP) is 2.34. The minimum atomic E-state index is -1.28. The molecule has 1 amide bonds. The van der Waals surface area contributed by atoms with Gasteiger partial charge in [0.25, 0.3) is 5.56 Å². The van der Waals surface area contributed by atoms with Crippen molar-refractivity contribution in [1.82, 2.24) is 19.8 Å². The normalized spacial score (nSPS) is 20.2. The summed E-state index contributed by atoms with van der Waals surface area (Å²) in [4.78, 5) is 30.4. The summed E-state index contributed by atoms with van der Waals surface area (Å²) in [5, 5.41) is 2.68. The molecule has 1 aliphatic heterocycles. The van der Waals surface area contributed by atoms with Crippen LogP contribution in [0, 0.1) is 0 Å². The molecule has 0 spiro atoms. The first-order valence-corrected chi connectivity index (χ1v) is 10.0. The molecule has 2 unspecified atom stereocenters. The number of alkyl halides is 1. The van der Waals surface area contributed by atoms with Crippen LogP contribution < -0.4 is 15.6 Å². The van der Waals surface area contributed by atoms with Crippen molar-refractivity contribution in [3.8, 4) is 5.75 Å². The van der Waals surface area contributed by atoms with E-state index in [0.29, 0.717) is 42.8 Å². The Labute approximate surface area is 175 Å². The third-order valence-electron chi connectivity index (χ3n) is 4.99. The number of fused-ring (bicyclic) bond motifs is 1. The third-order valence-corrected chi connectivity index (χ3v) is 4.99. The molecule has 3 rings (SSSR count). The van der Waals surface area contributed by atoms with E-state index < -0.39 is 23.9 Å². The van der Waals surface area contributed by atoms with E-state index in [0.717, 1.165) is 0 Å². The molecule has 2 atom stereocenters. The van der Waals surface area contributed by atoms with Crippen LogP contribution in [-0.4, -0.2) is 65.1 Å². The largest absolute Gasteiger partial charge is 0.497 e. The summed E-state index contributed by atoms with van der Waals surface area (Å²) in [6, 6.07) is 5.36. The van der Waals surface area contributed by atoms with Gasteiger partial charge >= 0.3 is 6.09 Å². The molecular weight excluding hydrogens is 391 g/mol. The lowest BCUT2D eigenvalue weighted by molar-refractivity contribution is -0.0103. The number of carbonyl (C=O) groups excluding carboxylic acids is 1. The van der Waals surface area contributed by atoms with Gasteiger partial charge < -0.3 is 19.4 Å². The maximum Gasteiger partial charge on any atom is 0.407 e. The number of rotatable bonds is 5. The van der Waals surface area contributed by atoms with E-state index in [-0.39, 0.29) is 12.1 Å². The van der Waals surface area contributed by atoms with Crippen LogP contribution in [0.3, 0.4) is 0 Å². The second-order valence-electron chi connectivity index (χ2n) is 8.53. The fraction of sp³-hybridized carbons (Fsp3) is 0.571. The second-order valence-corrected chi connectivity index (χ2v) is 8.53. The highest BCUT2D eigenvalue weighted by Crippen LogP contribution is 2.20. The maximum atomic E-state index is 14.6. The molecule has 0 radical (unpaired) electrons. The van der Waals surface area contributed by atoms with Gasteiger partial charge in [0.05, 0.1) is 24.3 Å². The number of methoxy groups -OCH3 is 1. The molecule has 1 aromatic heterocycles. The average Bonchev–Trinajstić information content (AvgIpc) is 2.67. The summed E-state index contributed by atoms with van der Waals surface area (Å²) in [5.74, 6) is 0.638. The van der Waals surface area contributed by atoms with Gasteiger partial charge in [-0.15, -0.1) is 0 Å². The van der Waals surface area contributed by atoms with Crippen molar-refractivity contribution in [2.24, 2.45) is 0 Å². The lowest BCUT2D eigenvalue weighted by Gasteiger charge is -2.34. The van der Waals surface area contributed by atoms with E-state index in [4.69, 9.17) is 9.47 Å². The molecule has 164 valence electrons. The number of aromatic nitrogens is 2. The van der Waals surface area contributed by atoms with E-state index in [1.54, 1.807) is 29.9 Å². The van der Waals surface area contributed by atoms with Crippen molar-refractivity contribution in [3.05, 3.63) is 34.7 Å². The van der Waals surface area contributed by atoms with Gasteiger partial charge in [-0.1, -0.05) is 0 Å². The van der Waals surface area contributed by atoms with Gasteiger partial charge in [0, 0.05) is 44.2 Å². The Kier molecular flexibility index (Phi) is 6.60. The number of benzene rings is 1. The van der Waals surface area contributed by atoms with Crippen molar-refractivity contribution >= 4 is 17.1 Å². The lowest BCUT2D eigenvalue weighted by Crippen LogP contribution is -2.50. The predicted molar refractivity (Wildman–Crippen MR) is 112 cm³/mol. The Hall–Kier alpha value is -2.68. The fourth-order valence-corrected chi connectivity index (χ4v) is 3.50. The number of piperidine rings is 1. The van der Waals surface area contributed by atoms with Crippen LogP contribution in [0.2, 0.25) is 0 Å². The Morgan fingerprint density at radius 2 is 2.10 bits per heavy atom. The fourth-order valence-electron chi connectivity index (χ4n) is 3.50. The molecule has 1 saturated heterocycles. The Balaban J connectivity index is 1.61. The van der Waals surface area contributed by atoms with Gasteiger partial charge in [0.15, 0.2) is 0 Å². The summed E-state index contributed by atoms with van der Waals surface area (Å²) in [6.07, 6.45) is -0.959. The molecule has 1 aromatic carbocycles. The van der Waals surface area contributed by atoms with Gasteiger partial charge in [0.2, 0.25) is 0 Å². The molecule has 1 N–H and O–H groups in total. The Morgan fingerprint density at radius 3 is 2.77 bits per heavy atom. The van der Waals surface area contributed by atoms with Crippen molar-refractivity contribution < 1.29 is 18.7 Å². The number of nitrogens with zero attached hydrogens (tertiary/aromatic N) is 3. The van der Waals surface area contributed by atoms with E-state index in [1.165, 1.54) is 6.20 Å². The summed E-state index contributed by atoms with van der Waals surface area (Å²) in [5.41, 5.74) is 0.711. The SMILES string of the molecule is COc1ccc2ncc(=O)n(CCN3CCC(OC(=O)NC(C)(C)C)C(F)C3)c2c1. The molecule has 0 bridgehead atoms. The smallest absolute Gasteiger partial charge is 0.407 e. The first-order chi connectivity index (χ1) is 14.2. The zero-order valence-corrected chi connectivity index (χ0v) is 17.9. The van der Waals surface area contributed by atoms with Crippen LogP contribution >= 0.6 is 0 Å². The number of amides is 1. The van der Waals surface area contributed by atoms with Gasteiger partial charge in [-0.05, 0) is 32.9 Å². The van der Waals surface area contributed by atoms with E-state index >= 15 is 0 Å². The average molecular weight is 420 g/mol. The summed E-state index contributed by atoms with van der Waals surface area (Å²) >= 11 is 0. The number of alkyl carbamates (subject to hydrolysis) is 1. The first kappa shape index (κ1) is 22.0. The molecule has 1 aliphatic rings. The molecule has 1 fully saturated rings. The van der Waals surface area contributed by atoms with Crippen LogP contribution in [0.15, 0.2) is 29.2 Å². The maximum absolute atomic E-state index is 14.6. The molecule has 30 heavy (non-hydrogen) atoms. The zero-order chi connectivity index (χ0) is 21.9. The van der Waals surface area contributed by atoms with Crippen molar-refractivity contribution in [2.75, 3.05) is 26.7 Å². The molecule has 2 aromatic rings. The number of hydrogen-bond acceptors (Lipinski definition) is 6. The van der Waals surface area contributed by atoms with Crippen LogP contribution in [0.1, 0.15) is 27.2 Å². The molecule has 2 heterocycles. The zero-order valence-electron chi connectivity index (χ0n) is 17.9. The molecule has 0 aliphatic carbocycles. The standard InChI is InChI=1S/C21H29FN4O4/c1-21(2,3)24-20(28)30-18-7-8-25(13-15(18)22)9-10-26-17-11-14(29-4)5-6-16(17)23-12-19(26)27/h5-6,11-12,15,18H,7-10,13H2,1-4H3,(H,24,28). The second kappa shape index (κ2) is 8.99. The minimum absolute atomic E-state index is 0.147. The number of nitrogens with one attached hydrogen (secondary N) is 1. The molecule has 9 heteroatoms. The van der Waals surface area contributed by atoms with Crippen molar-refractivity contribution in [2.45, 2.75) is 51.6 Å². The van der Waals surface area contributed by atoms with Crippen LogP contribution in [0.4, 0.5) is 9.18 Å². The quantitative estimate of drug-likeness (QED) is 0.799. The molecule has 8 nitrogen and oxygen atoms in total. The van der Waals surface area contributed by atoms with Gasteiger partial charge in [-0.3, -0.25) is 9.69 Å². The van der Waals surface area contributed by atoms with E-state index in [1.807, 2.05) is 25.7 Å². The summed E-state index contributed by atoms with van der Waals surface area (Å²) in [6.45, 7) is 7.13. The first-order valence-electron chi connectivity index (χ1n) is 10.0. The molecular formula is C21H29FN4O4. The van der Waals surface area contributed by atoms with Crippen molar-refractivity contribution in [3.63, 3.8) is 0 Å². The number of carbonyl (C=O) groups is 1. The highest BCUT2D eigenvalue weighted by atomic mass is 19.1. The number of halogens is 1. The number of likely N-dealkylation sites (tertiary alicyclic amines) is 1. The van der Waals surface area contributed by atoms with E-state index in [9.17, 15) is 14.0 Å². The summed E-state index contributed by atoms with van der Waals surface area (Å²) < 4.78 is 26.7. The van der Waals surface area contributed by atoms with Gasteiger partial charge in [-0.2, -0.15) is 0 Å². The van der Waals surface area contributed by atoms with E-state index in [2.05, 4.69) is 10.3 Å². The minimum Gasteiger partial charge on any atom is -0.497 e. The number of ether oxygens (including phenoxy) is 2. The van der Waals surface area contributed by atoms with Crippen LogP contribution in [0.5, 0.6) is 5.75 Å². The van der Waals surface area contributed by atoms with Gasteiger partial charge in [-0.25, -0.2) is 14.2 Å². The number of hydrogen-bond donors (Lipinski definition) is 1. The summed E-state index contributed by atoms with van der Waals surface area (Å²) in [7, 11) is 1.56. The van der Waals surface area contributed by atoms with Crippen LogP contribution in [0.25, 0.3) is 11.0 Å². The topological polar surface area (TPSA) is 85.7 Å². The Bertz CT molecular complexity index is 956. The highest BCUT2D eigenvalue weighted by molar-refractivity contribution is 5.76. The monoisotopic (exact) mass is 420 g/mol. The third kappa shape index (κ3) is 5.47. The van der Waals surface area contributed by atoms with Crippen LogP contribution in [-0.2, 0) is 11.3 Å². The highest BCUT2D eigenvalue weighted by Gasteiger charge is 2.32. The van der Waals surface area contributed by atoms with Crippen molar-refractivity contribution in [1.29, 1.82) is 0 Å².